The van der Waals surface area contributed by atoms with Crippen LogP contribution in [0, 0.1) is 0 Å². The highest BCUT2D eigenvalue weighted by molar-refractivity contribution is 7.07. The number of thiophene rings is 1. The highest BCUT2D eigenvalue weighted by Gasteiger charge is 2.32. The lowest BCUT2D eigenvalue weighted by Gasteiger charge is -2.22. The van der Waals surface area contributed by atoms with Crippen molar-refractivity contribution >= 4 is 28.3 Å². The number of imidazole rings is 1. The van der Waals surface area contributed by atoms with Gasteiger partial charge in [0.15, 0.2) is 0 Å². The van der Waals surface area contributed by atoms with E-state index in [9.17, 15) is 9.90 Å². The van der Waals surface area contributed by atoms with E-state index in [1.54, 1.807) is 11.3 Å². The van der Waals surface area contributed by atoms with E-state index < -0.39 is 0 Å². The second-order valence-corrected chi connectivity index (χ2v) is 7.24. The summed E-state index contributed by atoms with van der Waals surface area (Å²) >= 11 is 1.67. The second kappa shape index (κ2) is 6.98. The highest BCUT2D eigenvalue weighted by atomic mass is 32.1. The van der Waals surface area contributed by atoms with E-state index in [4.69, 9.17) is 0 Å². The summed E-state index contributed by atoms with van der Waals surface area (Å²) in [5, 5.41) is 13.7. The third-order valence-electron chi connectivity index (χ3n) is 4.67. The van der Waals surface area contributed by atoms with Crippen LogP contribution in [0.3, 0.4) is 0 Å². The van der Waals surface area contributed by atoms with Gasteiger partial charge in [0.05, 0.1) is 11.0 Å². The monoisotopic (exact) mass is 355 g/mol. The molecule has 0 bridgehead atoms. The Morgan fingerprint density at radius 1 is 1.32 bits per heavy atom. The fraction of sp³-hybridized carbons (Fsp3) is 0.368. The molecule has 4 rings (SSSR count). The Kier molecular flexibility index (Phi) is 4.55. The zero-order valence-corrected chi connectivity index (χ0v) is 14.8. The zero-order valence-electron chi connectivity index (χ0n) is 14.0. The van der Waals surface area contributed by atoms with Gasteiger partial charge in [0.2, 0.25) is 5.91 Å². The molecule has 0 atom stereocenters. The molecule has 2 aromatic heterocycles. The first-order valence-electron chi connectivity index (χ1n) is 8.62. The molecule has 5 nitrogen and oxygen atoms in total. The lowest BCUT2D eigenvalue weighted by molar-refractivity contribution is -0.132. The highest BCUT2D eigenvalue weighted by Crippen LogP contribution is 2.29. The van der Waals surface area contributed by atoms with Crippen molar-refractivity contribution in [1.82, 2.24) is 14.5 Å². The Bertz CT molecular complexity index is 868. The summed E-state index contributed by atoms with van der Waals surface area (Å²) in [6.07, 6.45) is 2.63. The number of rotatable bonds is 7. The van der Waals surface area contributed by atoms with Gasteiger partial charge in [-0.2, -0.15) is 11.3 Å². The number of carbonyl (C=O) groups is 1. The van der Waals surface area contributed by atoms with Gasteiger partial charge in [0.1, 0.15) is 12.4 Å². The average Bonchev–Trinajstić information content (AvgIpc) is 3.22. The number of amides is 1. The molecule has 1 aromatic carbocycles. The first kappa shape index (κ1) is 16.3. The molecule has 130 valence electrons. The van der Waals surface area contributed by atoms with Crippen molar-refractivity contribution in [3.05, 3.63) is 52.5 Å². The van der Waals surface area contributed by atoms with Crippen molar-refractivity contribution in [2.75, 3.05) is 0 Å². The molecule has 2 heterocycles. The molecule has 0 spiro atoms. The molecule has 0 radical (unpaired) electrons. The minimum absolute atomic E-state index is 0.121. The van der Waals surface area contributed by atoms with Gasteiger partial charge in [-0.25, -0.2) is 4.98 Å². The van der Waals surface area contributed by atoms with Crippen LogP contribution in [0.25, 0.3) is 11.0 Å². The molecule has 1 aliphatic carbocycles. The fourth-order valence-electron chi connectivity index (χ4n) is 3.23. The van der Waals surface area contributed by atoms with Gasteiger partial charge in [-0.15, -0.1) is 0 Å². The van der Waals surface area contributed by atoms with Gasteiger partial charge in [-0.3, -0.25) is 4.79 Å². The molecular weight excluding hydrogens is 334 g/mol. The summed E-state index contributed by atoms with van der Waals surface area (Å²) < 4.78 is 1.96. The Labute approximate surface area is 150 Å². The molecule has 1 saturated carbocycles. The third kappa shape index (κ3) is 3.45. The van der Waals surface area contributed by atoms with Gasteiger partial charge in [0, 0.05) is 25.6 Å². The smallest absolute Gasteiger partial charge is 0.224 e. The molecule has 25 heavy (non-hydrogen) atoms. The third-order valence-corrected chi connectivity index (χ3v) is 5.40. The number of hydrogen-bond donors (Lipinski definition) is 1. The molecule has 1 amide bonds. The number of hydrogen-bond acceptors (Lipinski definition) is 4. The van der Waals surface area contributed by atoms with Crippen molar-refractivity contribution in [2.45, 2.75) is 45.0 Å². The summed E-state index contributed by atoms with van der Waals surface area (Å²) in [6, 6.07) is 10.3. The van der Waals surface area contributed by atoms with Crippen LogP contribution in [0.1, 0.15) is 30.7 Å². The van der Waals surface area contributed by atoms with E-state index >= 15 is 0 Å². The lowest BCUT2D eigenvalue weighted by atomic mass is 10.2. The van der Waals surface area contributed by atoms with E-state index in [1.807, 2.05) is 33.7 Å². The van der Waals surface area contributed by atoms with Crippen molar-refractivity contribution in [1.29, 1.82) is 0 Å². The molecule has 0 unspecified atom stereocenters. The Balaban J connectivity index is 1.49. The molecular formula is C19H21N3O2S. The number of benzene rings is 1. The van der Waals surface area contributed by atoms with Gasteiger partial charge in [0.25, 0.3) is 0 Å². The quantitative estimate of drug-likeness (QED) is 0.708. The van der Waals surface area contributed by atoms with Crippen molar-refractivity contribution < 1.29 is 9.90 Å². The maximum atomic E-state index is 12.8. The molecule has 0 saturated heterocycles. The lowest BCUT2D eigenvalue weighted by Crippen LogP contribution is -2.33. The van der Waals surface area contributed by atoms with E-state index in [0.717, 1.165) is 23.9 Å². The molecule has 6 heteroatoms. The van der Waals surface area contributed by atoms with Gasteiger partial charge >= 0.3 is 0 Å². The van der Waals surface area contributed by atoms with Crippen LogP contribution in [0.5, 0.6) is 0 Å². The van der Waals surface area contributed by atoms with Crippen molar-refractivity contribution in [2.24, 2.45) is 0 Å². The Hall–Kier alpha value is -2.18. The predicted octanol–water partition coefficient (Wildman–Crippen LogP) is 3.17. The van der Waals surface area contributed by atoms with Gasteiger partial charge in [-0.05, 0) is 47.4 Å². The molecule has 1 fully saturated rings. The summed E-state index contributed by atoms with van der Waals surface area (Å²) in [4.78, 5) is 19.3. The van der Waals surface area contributed by atoms with Crippen LogP contribution >= 0.6 is 11.3 Å². The van der Waals surface area contributed by atoms with E-state index in [0.29, 0.717) is 31.4 Å². The Morgan fingerprint density at radius 2 is 2.16 bits per heavy atom. The Morgan fingerprint density at radius 3 is 2.88 bits per heavy atom. The van der Waals surface area contributed by atoms with Crippen molar-refractivity contribution in [3.8, 4) is 0 Å². The minimum Gasteiger partial charge on any atom is -0.388 e. The maximum absolute atomic E-state index is 12.8. The number of aliphatic hydroxyl groups excluding tert-OH is 1. The SMILES string of the molecule is O=C(CCn1c(CO)nc2ccccc21)N(Cc1ccsc1)C1CC1. The average molecular weight is 355 g/mol. The maximum Gasteiger partial charge on any atom is 0.224 e. The molecule has 1 N–H and O–H groups in total. The molecule has 0 aliphatic heterocycles. The fourth-order valence-corrected chi connectivity index (χ4v) is 3.89. The first-order chi connectivity index (χ1) is 12.3. The molecule has 3 aromatic rings. The number of nitrogens with zero attached hydrogens (tertiary/aromatic N) is 3. The largest absolute Gasteiger partial charge is 0.388 e. The van der Waals surface area contributed by atoms with Crippen LogP contribution in [0.15, 0.2) is 41.1 Å². The van der Waals surface area contributed by atoms with E-state index in [-0.39, 0.29) is 12.5 Å². The minimum atomic E-state index is -0.121. The van der Waals surface area contributed by atoms with Gasteiger partial charge in [-0.1, -0.05) is 12.1 Å². The summed E-state index contributed by atoms with van der Waals surface area (Å²) in [6.45, 7) is 1.12. The van der Waals surface area contributed by atoms with Crippen LogP contribution in [-0.4, -0.2) is 31.5 Å². The number of aromatic nitrogens is 2. The number of fused-ring (bicyclic) bond motifs is 1. The van der Waals surface area contributed by atoms with Crippen LogP contribution in [-0.2, 0) is 24.5 Å². The van der Waals surface area contributed by atoms with Crippen LogP contribution in [0.2, 0.25) is 0 Å². The summed E-state index contributed by atoms with van der Waals surface area (Å²) in [5.74, 6) is 0.792. The standard InChI is InChI=1S/C19H21N3O2S/c23-12-18-20-16-3-1-2-4-17(16)21(18)9-7-19(24)22(15-5-6-15)11-14-8-10-25-13-14/h1-4,8,10,13,15,23H,5-7,9,11-12H2. The topological polar surface area (TPSA) is 58.4 Å². The summed E-state index contributed by atoms with van der Waals surface area (Å²) in [7, 11) is 0. The van der Waals surface area contributed by atoms with Crippen LogP contribution in [0.4, 0.5) is 0 Å². The summed E-state index contributed by atoms with van der Waals surface area (Å²) in [5.41, 5.74) is 3.03. The van der Waals surface area contributed by atoms with Crippen LogP contribution < -0.4 is 0 Å². The number of aliphatic hydroxyl groups is 1. The van der Waals surface area contributed by atoms with Crippen molar-refractivity contribution in [3.63, 3.8) is 0 Å². The number of aryl methyl sites for hydroxylation is 1. The van der Waals surface area contributed by atoms with E-state index in [1.165, 1.54) is 5.56 Å². The van der Waals surface area contributed by atoms with E-state index in [2.05, 4.69) is 21.8 Å². The number of para-hydroxylation sites is 2. The number of carbonyl (C=O) groups excluding carboxylic acids is 1. The molecule has 1 aliphatic rings. The first-order valence-corrected chi connectivity index (χ1v) is 9.56. The zero-order chi connectivity index (χ0) is 17.2. The normalized spacial score (nSPS) is 14.1. The van der Waals surface area contributed by atoms with Gasteiger partial charge < -0.3 is 14.6 Å². The second-order valence-electron chi connectivity index (χ2n) is 6.46. The predicted molar refractivity (Wildman–Crippen MR) is 98.2 cm³/mol.